The maximum atomic E-state index is 9.71. The summed E-state index contributed by atoms with van der Waals surface area (Å²) in [5.41, 5.74) is 0.225. The minimum Gasteiger partial charge on any atom is -0.393 e. The molecule has 2 nitrogen and oxygen atoms in total. The minimum absolute atomic E-state index is 0.165. The predicted molar refractivity (Wildman–Crippen MR) is 53.5 cm³/mol. The molecule has 1 spiro atoms. The molecule has 2 N–H and O–H groups in total. The average molecular weight is 181 g/mol. The van der Waals surface area contributed by atoms with E-state index in [0.29, 0.717) is 5.92 Å². The molecule has 0 unspecified atom stereocenters. The third-order valence-corrected chi connectivity index (χ3v) is 3.65. The third-order valence-electron chi connectivity index (χ3n) is 3.65. The highest BCUT2D eigenvalue weighted by Gasteiger charge is 2.44. The Hall–Kier alpha value is -0.340. The van der Waals surface area contributed by atoms with Gasteiger partial charge in [-0.15, -0.1) is 0 Å². The predicted octanol–water partition coefficient (Wildman–Crippen LogP) is 1.46. The van der Waals surface area contributed by atoms with Gasteiger partial charge in [0.1, 0.15) is 0 Å². The molecule has 1 fully saturated rings. The van der Waals surface area contributed by atoms with Crippen LogP contribution >= 0.6 is 0 Å². The number of aliphatic hydroxyl groups is 1. The molecule has 0 bridgehead atoms. The number of hydrogen-bond acceptors (Lipinski definition) is 2. The zero-order valence-electron chi connectivity index (χ0n) is 8.29. The molecule has 0 aromatic rings. The monoisotopic (exact) mass is 181 g/mol. The molecule has 0 aromatic carbocycles. The molecular weight excluding hydrogens is 162 g/mol. The van der Waals surface area contributed by atoms with Crippen molar-refractivity contribution in [2.24, 2.45) is 5.92 Å². The Morgan fingerprint density at radius 1 is 1.54 bits per heavy atom. The minimum atomic E-state index is -0.165. The lowest BCUT2D eigenvalue weighted by Crippen LogP contribution is -2.52. The van der Waals surface area contributed by atoms with Crippen LogP contribution in [0.5, 0.6) is 0 Å². The van der Waals surface area contributed by atoms with Gasteiger partial charge in [-0.05, 0) is 26.2 Å². The first kappa shape index (κ1) is 9.22. The second kappa shape index (κ2) is 3.43. The summed E-state index contributed by atoms with van der Waals surface area (Å²) in [4.78, 5) is 0. The van der Waals surface area contributed by atoms with Gasteiger partial charge < -0.3 is 10.4 Å². The van der Waals surface area contributed by atoms with Crippen LogP contribution in [0, 0.1) is 5.92 Å². The highest BCUT2D eigenvalue weighted by molar-refractivity contribution is 5.10. The van der Waals surface area contributed by atoms with Crippen LogP contribution in [-0.2, 0) is 0 Å². The molecule has 3 atom stereocenters. The van der Waals surface area contributed by atoms with Crippen molar-refractivity contribution in [3.05, 3.63) is 12.2 Å². The van der Waals surface area contributed by atoms with E-state index in [1.54, 1.807) is 0 Å². The molecule has 0 aromatic heterocycles. The Morgan fingerprint density at radius 2 is 2.38 bits per heavy atom. The smallest absolute Gasteiger partial charge is 0.0558 e. The van der Waals surface area contributed by atoms with Crippen LogP contribution in [0.1, 0.15) is 32.6 Å². The summed E-state index contributed by atoms with van der Waals surface area (Å²) in [6.07, 6.45) is 9.05. The van der Waals surface area contributed by atoms with Crippen molar-refractivity contribution in [2.45, 2.75) is 44.2 Å². The fourth-order valence-corrected chi connectivity index (χ4v) is 2.99. The summed E-state index contributed by atoms with van der Waals surface area (Å²) in [6, 6.07) is 0. The van der Waals surface area contributed by atoms with Crippen LogP contribution in [0.4, 0.5) is 0 Å². The maximum absolute atomic E-state index is 9.71. The van der Waals surface area contributed by atoms with E-state index in [0.717, 1.165) is 13.0 Å². The molecule has 0 saturated heterocycles. The fraction of sp³-hybridized carbons (Fsp3) is 0.818. The van der Waals surface area contributed by atoms with E-state index >= 15 is 0 Å². The SMILES string of the molecule is C[C@@H](O)[C@H]1CCC[C@]12CC=CCN2. The van der Waals surface area contributed by atoms with Crippen LogP contribution in [0.3, 0.4) is 0 Å². The van der Waals surface area contributed by atoms with Gasteiger partial charge in [-0.3, -0.25) is 0 Å². The fourth-order valence-electron chi connectivity index (χ4n) is 2.99. The van der Waals surface area contributed by atoms with Gasteiger partial charge in [-0.25, -0.2) is 0 Å². The molecule has 0 radical (unpaired) electrons. The molecule has 13 heavy (non-hydrogen) atoms. The van der Waals surface area contributed by atoms with Crippen molar-refractivity contribution in [3.63, 3.8) is 0 Å². The third kappa shape index (κ3) is 1.53. The van der Waals surface area contributed by atoms with Gasteiger partial charge in [-0.2, -0.15) is 0 Å². The highest BCUT2D eigenvalue weighted by atomic mass is 16.3. The van der Waals surface area contributed by atoms with E-state index in [1.807, 2.05) is 6.92 Å². The second-order valence-electron chi connectivity index (χ2n) is 4.45. The van der Waals surface area contributed by atoms with Crippen molar-refractivity contribution < 1.29 is 5.11 Å². The van der Waals surface area contributed by atoms with Gasteiger partial charge in [0.05, 0.1) is 6.10 Å². The summed E-state index contributed by atoms with van der Waals surface area (Å²) in [5.74, 6) is 0.456. The van der Waals surface area contributed by atoms with Crippen LogP contribution in [0.25, 0.3) is 0 Å². The first-order chi connectivity index (χ1) is 6.25. The molecule has 2 heteroatoms. The first-order valence-corrected chi connectivity index (χ1v) is 5.33. The zero-order chi connectivity index (χ0) is 9.31. The number of nitrogens with one attached hydrogen (secondary N) is 1. The Labute approximate surface area is 80.0 Å². The zero-order valence-corrected chi connectivity index (χ0v) is 8.29. The van der Waals surface area contributed by atoms with Crippen LogP contribution in [0.2, 0.25) is 0 Å². The summed E-state index contributed by atoms with van der Waals surface area (Å²) in [6.45, 7) is 2.90. The molecule has 74 valence electrons. The van der Waals surface area contributed by atoms with Gasteiger partial charge in [-0.1, -0.05) is 18.6 Å². The van der Waals surface area contributed by atoms with E-state index in [4.69, 9.17) is 0 Å². The second-order valence-corrected chi connectivity index (χ2v) is 4.45. The summed E-state index contributed by atoms with van der Waals surface area (Å²) >= 11 is 0. The van der Waals surface area contributed by atoms with Crippen molar-refractivity contribution >= 4 is 0 Å². The van der Waals surface area contributed by atoms with Gasteiger partial charge in [0.2, 0.25) is 0 Å². The maximum Gasteiger partial charge on any atom is 0.0558 e. The lowest BCUT2D eigenvalue weighted by molar-refractivity contribution is 0.0734. The van der Waals surface area contributed by atoms with Gasteiger partial charge in [0, 0.05) is 18.0 Å². The number of rotatable bonds is 1. The number of hydrogen-bond donors (Lipinski definition) is 2. The first-order valence-electron chi connectivity index (χ1n) is 5.33. The quantitative estimate of drug-likeness (QED) is 0.600. The van der Waals surface area contributed by atoms with Gasteiger partial charge in [0.15, 0.2) is 0 Å². The molecule has 0 amide bonds. The molecular formula is C11H19NO. The van der Waals surface area contributed by atoms with Crippen LogP contribution < -0.4 is 5.32 Å². The van der Waals surface area contributed by atoms with Gasteiger partial charge >= 0.3 is 0 Å². The van der Waals surface area contributed by atoms with E-state index in [1.165, 1.54) is 19.3 Å². The van der Waals surface area contributed by atoms with Gasteiger partial charge in [0.25, 0.3) is 0 Å². The van der Waals surface area contributed by atoms with Crippen molar-refractivity contribution in [3.8, 4) is 0 Å². The molecule has 2 rings (SSSR count). The average Bonchev–Trinajstić information content (AvgIpc) is 2.50. The molecule has 1 aliphatic heterocycles. The normalized spacial score (nSPS) is 41.2. The Balaban J connectivity index is 2.15. The molecule has 1 saturated carbocycles. The van der Waals surface area contributed by atoms with Crippen molar-refractivity contribution in [1.82, 2.24) is 5.32 Å². The Bertz CT molecular complexity index is 212. The Morgan fingerprint density at radius 3 is 3.00 bits per heavy atom. The lowest BCUT2D eigenvalue weighted by Gasteiger charge is -2.39. The highest BCUT2D eigenvalue weighted by Crippen LogP contribution is 2.41. The number of aliphatic hydroxyl groups excluding tert-OH is 1. The largest absolute Gasteiger partial charge is 0.393 e. The van der Waals surface area contributed by atoms with Crippen molar-refractivity contribution in [1.29, 1.82) is 0 Å². The van der Waals surface area contributed by atoms with E-state index in [9.17, 15) is 5.11 Å². The van der Waals surface area contributed by atoms with Crippen LogP contribution in [-0.4, -0.2) is 23.3 Å². The molecule has 1 aliphatic carbocycles. The summed E-state index contributed by atoms with van der Waals surface area (Å²) in [7, 11) is 0. The lowest BCUT2D eigenvalue weighted by atomic mass is 9.79. The Kier molecular flexibility index (Phi) is 2.43. The van der Waals surface area contributed by atoms with E-state index < -0.39 is 0 Å². The van der Waals surface area contributed by atoms with E-state index in [-0.39, 0.29) is 11.6 Å². The van der Waals surface area contributed by atoms with Crippen LogP contribution in [0.15, 0.2) is 12.2 Å². The summed E-state index contributed by atoms with van der Waals surface area (Å²) in [5, 5.41) is 13.3. The molecule has 1 heterocycles. The van der Waals surface area contributed by atoms with Crippen molar-refractivity contribution in [2.75, 3.05) is 6.54 Å². The molecule has 2 aliphatic rings. The van der Waals surface area contributed by atoms with E-state index in [2.05, 4.69) is 17.5 Å². The summed E-state index contributed by atoms with van der Waals surface area (Å²) < 4.78 is 0. The standard InChI is InChI=1S/C11H19NO/c1-9(13)10-5-4-7-11(10)6-2-3-8-12-11/h2-3,9-10,12-13H,4-8H2,1H3/t9-,10-,11-/m1/s1. The topological polar surface area (TPSA) is 32.3 Å².